The predicted octanol–water partition coefficient (Wildman–Crippen LogP) is 4.85. The molecule has 2 aromatic rings. The zero-order valence-electron chi connectivity index (χ0n) is 19.1. The van der Waals surface area contributed by atoms with E-state index in [1.165, 1.54) is 29.2 Å². The molecule has 0 bridgehead atoms. The highest BCUT2D eigenvalue weighted by atomic mass is 19.2. The Hall–Kier alpha value is -3.26. The van der Waals surface area contributed by atoms with Crippen LogP contribution in [0.4, 0.5) is 17.6 Å². The Bertz CT molecular complexity index is 1070. The quantitative estimate of drug-likeness (QED) is 0.426. The SMILES string of the molecule is CCN(CC)CCC(=O)N1C/C(=C/c2ccc(F)c(F)c2)C(=O)/C(=C/c2ccc(F)c(F)c2)C1. The Balaban J connectivity index is 1.94. The number of Topliss-reactive ketones (excluding diaryl/α,β-unsaturated/α-hetero) is 1. The molecule has 34 heavy (non-hydrogen) atoms. The Morgan fingerprint density at radius 3 is 1.74 bits per heavy atom. The monoisotopic (exact) mass is 474 g/mol. The molecule has 2 aromatic carbocycles. The molecule has 3 rings (SSSR count). The maximum absolute atomic E-state index is 13.7. The third-order valence-electron chi connectivity index (χ3n) is 5.76. The lowest BCUT2D eigenvalue weighted by Gasteiger charge is -2.31. The van der Waals surface area contributed by atoms with E-state index in [2.05, 4.69) is 4.90 Å². The first-order valence-corrected chi connectivity index (χ1v) is 11.1. The van der Waals surface area contributed by atoms with Crippen molar-refractivity contribution in [1.82, 2.24) is 9.80 Å². The first-order valence-electron chi connectivity index (χ1n) is 11.1. The summed E-state index contributed by atoms with van der Waals surface area (Å²) >= 11 is 0. The number of halogens is 4. The number of ketones is 1. The Kier molecular flexibility index (Phi) is 8.39. The summed E-state index contributed by atoms with van der Waals surface area (Å²) in [7, 11) is 0. The summed E-state index contributed by atoms with van der Waals surface area (Å²) in [4.78, 5) is 29.7. The van der Waals surface area contributed by atoms with Gasteiger partial charge in [0.1, 0.15) is 0 Å². The van der Waals surface area contributed by atoms with Crippen molar-refractivity contribution in [2.75, 3.05) is 32.7 Å². The first-order chi connectivity index (χ1) is 16.2. The van der Waals surface area contributed by atoms with Crippen LogP contribution in [-0.2, 0) is 9.59 Å². The number of nitrogens with zero attached hydrogens (tertiary/aromatic N) is 2. The molecule has 1 aliphatic heterocycles. The largest absolute Gasteiger partial charge is 0.334 e. The number of likely N-dealkylation sites (tertiary alicyclic amines) is 1. The molecule has 4 nitrogen and oxygen atoms in total. The van der Waals surface area contributed by atoms with Crippen LogP contribution in [0.1, 0.15) is 31.4 Å². The molecular formula is C26H26F4N2O2. The van der Waals surface area contributed by atoms with E-state index in [-0.39, 0.29) is 47.7 Å². The van der Waals surface area contributed by atoms with E-state index >= 15 is 0 Å². The molecule has 8 heteroatoms. The Morgan fingerprint density at radius 2 is 1.32 bits per heavy atom. The van der Waals surface area contributed by atoms with Gasteiger partial charge in [0.2, 0.25) is 5.91 Å². The molecule has 0 spiro atoms. The summed E-state index contributed by atoms with van der Waals surface area (Å²) in [5.74, 6) is -4.70. The van der Waals surface area contributed by atoms with Crippen molar-refractivity contribution < 1.29 is 27.2 Å². The molecule has 1 heterocycles. The van der Waals surface area contributed by atoms with Crippen molar-refractivity contribution >= 4 is 23.8 Å². The molecule has 0 saturated carbocycles. The highest BCUT2D eigenvalue weighted by molar-refractivity contribution is 6.15. The minimum absolute atomic E-state index is 0.00400. The molecule has 1 amide bonds. The number of carbonyl (C=O) groups excluding carboxylic acids is 2. The van der Waals surface area contributed by atoms with Crippen molar-refractivity contribution in [1.29, 1.82) is 0 Å². The fraction of sp³-hybridized carbons (Fsp3) is 0.308. The molecular weight excluding hydrogens is 448 g/mol. The second kappa shape index (κ2) is 11.2. The number of rotatable bonds is 7. The zero-order valence-corrected chi connectivity index (χ0v) is 19.1. The van der Waals surface area contributed by atoms with E-state index in [0.717, 1.165) is 37.4 Å². The van der Waals surface area contributed by atoms with Gasteiger partial charge in [0.05, 0.1) is 0 Å². The molecule has 1 saturated heterocycles. The van der Waals surface area contributed by atoms with Crippen LogP contribution < -0.4 is 0 Å². The van der Waals surface area contributed by atoms with E-state index < -0.39 is 29.1 Å². The summed E-state index contributed by atoms with van der Waals surface area (Å²) in [5, 5.41) is 0. The van der Waals surface area contributed by atoms with Gasteiger partial charge in [0.25, 0.3) is 0 Å². The molecule has 0 aliphatic carbocycles. The highest BCUT2D eigenvalue weighted by Crippen LogP contribution is 2.24. The second-order valence-electron chi connectivity index (χ2n) is 8.04. The first kappa shape index (κ1) is 25.4. The number of benzene rings is 2. The fourth-order valence-corrected chi connectivity index (χ4v) is 3.77. The van der Waals surface area contributed by atoms with Crippen molar-refractivity contribution in [3.05, 3.63) is 81.9 Å². The van der Waals surface area contributed by atoms with Crippen LogP contribution in [0.2, 0.25) is 0 Å². The van der Waals surface area contributed by atoms with Crippen LogP contribution in [0, 0.1) is 23.3 Å². The summed E-state index contributed by atoms with van der Waals surface area (Å²) < 4.78 is 54.0. The lowest BCUT2D eigenvalue weighted by molar-refractivity contribution is -0.131. The average Bonchev–Trinajstić information content (AvgIpc) is 2.81. The van der Waals surface area contributed by atoms with Crippen LogP contribution in [0.3, 0.4) is 0 Å². The predicted molar refractivity (Wildman–Crippen MR) is 123 cm³/mol. The summed E-state index contributed by atoms with van der Waals surface area (Å²) in [5.41, 5.74) is 0.961. The molecule has 1 fully saturated rings. The van der Waals surface area contributed by atoms with Crippen LogP contribution >= 0.6 is 0 Å². The molecule has 0 radical (unpaired) electrons. The topological polar surface area (TPSA) is 40.6 Å². The normalized spacial score (nSPS) is 16.7. The third kappa shape index (κ3) is 6.20. The zero-order chi connectivity index (χ0) is 24.8. The molecule has 180 valence electrons. The van der Waals surface area contributed by atoms with Crippen molar-refractivity contribution in [3.63, 3.8) is 0 Å². The van der Waals surface area contributed by atoms with E-state index in [0.29, 0.717) is 6.54 Å². The van der Waals surface area contributed by atoms with Crippen LogP contribution in [0.5, 0.6) is 0 Å². The lowest BCUT2D eigenvalue weighted by atomic mass is 9.94. The van der Waals surface area contributed by atoms with Crippen LogP contribution in [0.25, 0.3) is 12.2 Å². The summed E-state index contributed by atoms with van der Waals surface area (Å²) in [6.45, 7) is 6.15. The summed E-state index contributed by atoms with van der Waals surface area (Å²) in [6, 6.07) is 6.52. The van der Waals surface area contributed by atoms with E-state index in [4.69, 9.17) is 0 Å². The maximum atomic E-state index is 13.7. The Morgan fingerprint density at radius 1 is 0.853 bits per heavy atom. The van der Waals surface area contributed by atoms with Gasteiger partial charge in [-0.25, -0.2) is 17.6 Å². The lowest BCUT2D eigenvalue weighted by Crippen LogP contribution is -2.42. The summed E-state index contributed by atoms with van der Waals surface area (Å²) in [6.07, 6.45) is 3.06. The van der Waals surface area contributed by atoms with Gasteiger partial charge < -0.3 is 9.80 Å². The minimum atomic E-state index is -1.05. The van der Waals surface area contributed by atoms with E-state index in [1.807, 2.05) is 13.8 Å². The van der Waals surface area contributed by atoms with Gasteiger partial charge in [-0.05, 0) is 60.6 Å². The van der Waals surface area contributed by atoms with Crippen molar-refractivity contribution in [3.8, 4) is 0 Å². The molecule has 0 unspecified atom stereocenters. The molecule has 0 aromatic heterocycles. The van der Waals surface area contributed by atoms with E-state index in [1.54, 1.807) is 0 Å². The van der Waals surface area contributed by atoms with Gasteiger partial charge in [-0.2, -0.15) is 0 Å². The third-order valence-corrected chi connectivity index (χ3v) is 5.76. The van der Waals surface area contributed by atoms with Gasteiger partial charge in [-0.15, -0.1) is 0 Å². The fourth-order valence-electron chi connectivity index (χ4n) is 3.77. The maximum Gasteiger partial charge on any atom is 0.224 e. The van der Waals surface area contributed by atoms with Crippen LogP contribution in [0.15, 0.2) is 47.5 Å². The smallest absolute Gasteiger partial charge is 0.224 e. The second-order valence-corrected chi connectivity index (χ2v) is 8.04. The van der Waals surface area contributed by atoms with Gasteiger partial charge in [-0.3, -0.25) is 9.59 Å². The average molecular weight is 474 g/mol. The standard InChI is InChI=1S/C26H26F4N2O2/c1-3-31(4-2)10-9-25(33)32-15-19(11-17-5-7-21(27)23(29)13-17)26(34)20(16-32)12-18-6-8-22(28)24(30)14-18/h5-8,11-14H,3-4,9-10,15-16H2,1-2H3/b19-11-,20-12+. The van der Waals surface area contributed by atoms with Gasteiger partial charge in [0.15, 0.2) is 29.1 Å². The van der Waals surface area contributed by atoms with Crippen molar-refractivity contribution in [2.24, 2.45) is 0 Å². The van der Waals surface area contributed by atoms with E-state index in [9.17, 15) is 27.2 Å². The van der Waals surface area contributed by atoms with Crippen LogP contribution in [-0.4, -0.2) is 54.2 Å². The molecule has 0 atom stereocenters. The number of piperidine rings is 1. The highest BCUT2D eigenvalue weighted by Gasteiger charge is 2.29. The molecule has 1 aliphatic rings. The number of carbonyl (C=O) groups is 2. The van der Waals surface area contributed by atoms with Gasteiger partial charge >= 0.3 is 0 Å². The van der Waals surface area contributed by atoms with Gasteiger partial charge in [-0.1, -0.05) is 26.0 Å². The molecule has 0 N–H and O–H groups in total. The number of amides is 1. The Labute approximate surface area is 196 Å². The van der Waals surface area contributed by atoms with Crippen molar-refractivity contribution in [2.45, 2.75) is 20.3 Å². The minimum Gasteiger partial charge on any atom is -0.334 e. The van der Waals surface area contributed by atoms with Gasteiger partial charge in [0, 0.05) is 37.2 Å². The number of hydrogen-bond donors (Lipinski definition) is 0. The number of hydrogen-bond acceptors (Lipinski definition) is 3.